The standard InChI is InChI=1S/C26H29BrN6O3/c1-32-10-12-33(13-11-32)14-15-36-25(35)7-3-6-24(34)30-21-8-9-23-22(17-21)26(29-18-28-23)31-20-5-2-4-19(27)16-20/h2-6,8-9,16-18H,7,10-15H2,1H3,(H,30,34)(H,28,29,31)/b6-3+. The highest BCUT2D eigenvalue weighted by Crippen LogP contribution is 2.27. The summed E-state index contributed by atoms with van der Waals surface area (Å²) in [4.78, 5) is 37.6. The first-order valence-corrected chi connectivity index (χ1v) is 12.6. The summed E-state index contributed by atoms with van der Waals surface area (Å²) >= 11 is 3.46. The highest BCUT2D eigenvalue weighted by molar-refractivity contribution is 9.10. The molecule has 3 aromatic rings. The molecule has 1 aliphatic heterocycles. The number of halogens is 1. The molecule has 1 amide bonds. The lowest BCUT2D eigenvalue weighted by Gasteiger charge is -2.31. The van der Waals surface area contributed by atoms with Crippen molar-refractivity contribution in [2.24, 2.45) is 0 Å². The molecule has 1 fully saturated rings. The van der Waals surface area contributed by atoms with Crippen molar-refractivity contribution >= 4 is 55.9 Å². The molecule has 0 saturated carbocycles. The van der Waals surface area contributed by atoms with Crippen molar-refractivity contribution in [3.05, 3.63) is 65.4 Å². The van der Waals surface area contributed by atoms with E-state index in [0.29, 0.717) is 18.1 Å². The zero-order valence-corrected chi connectivity index (χ0v) is 21.7. The smallest absolute Gasteiger partial charge is 0.309 e. The van der Waals surface area contributed by atoms with Crippen molar-refractivity contribution in [2.75, 3.05) is 57.0 Å². The number of likely N-dealkylation sites (N-methyl/N-ethyl adjacent to an activating group) is 1. The van der Waals surface area contributed by atoms with E-state index in [9.17, 15) is 9.59 Å². The maximum absolute atomic E-state index is 12.4. The molecule has 2 aromatic carbocycles. The van der Waals surface area contributed by atoms with Gasteiger partial charge < -0.3 is 20.3 Å². The quantitative estimate of drug-likeness (QED) is 0.305. The number of amides is 1. The molecule has 2 N–H and O–H groups in total. The zero-order valence-electron chi connectivity index (χ0n) is 20.1. The lowest BCUT2D eigenvalue weighted by atomic mass is 10.2. The Labute approximate surface area is 218 Å². The van der Waals surface area contributed by atoms with E-state index < -0.39 is 0 Å². The van der Waals surface area contributed by atoms with E-state index in [4.69, 9.17) is 4.74 Å². The zero-order chi connectivity index (χ0) is 25.3. The van der Waals surface area contributed by atoms with E-state index in [0.717, 1.165) is 53.8 Å². The number of hydrogen-bond donors (Lipinski definition) is 2. The van der Waals surface area contributed by atoms with Crippen LogP contribution in [-0.4, -0.2) is 78.0 Å². The van der Waals surface area contributed by atoms with Gasteiger partial charge in [-0.05, 0) is 49.5 Å². The maximum Gasteiger partial charge on any atom is 0.309 e. The molecule has 1 aromatic heterocycles. The van der Waals surface area contributed by atoms with Gasteiger partial charge in [0.05, 0.1) is 11.9 Å². The highest BCUT2D eigenvalue weighted by atomic mass is 79.9. The monoisotopic (exact) mass is 552 g/mol. The molecule has 9 nitrogen and oxygen atoms in total. The van der Waals surface area contributed by atoms with Crippen molar-refractivity contribution in [3.63, 3.8) is 0 Å². The second-order valence-corrected chi connectivity index (χ2v) is 9.47. The Bertz CT molecular complexity index is 1240. The van der Waals surface area contributed by atoms with Crippen molar-refractivity contribution in [3.8, 4) is 0 Å². The van der Waals surface area contributed by atoms with E-state index in [2.05, 4.69) is 53.4 Å². The minimum atomic E-state index is -0.348. The van der Waals surface area contributed by atoms with Crippen molar-refractivity contribution in [2.45, 2.75) is 6.42 Å². The molecular formula is C26H29BrN6O3. The Morgan fingerprint density at radius 3 is 2.72 bits per heavy atom. The van der Waals surface area contributed by atoms with Crippen LogP contribution in [0, 0.1) is 0 Å². The first-order valence-electron chi connectivity index (χ1n) is 11.8. The summed E-state index contributed by atoms with van der Waals surface area (Å²) < 4.78 is 6.24. The van der Waals surface area contributed by atoms with Crippen LogP contribution in [0.5, 0.6) is 0 Å². The lowest BCUT2D eigenvalue weighted by Crippen LogP contribution is -2.45. The predicted molar refractivity (Wildman–Crippen MR) is 144 cm³/mol. The Kier molecular flexibility index (Phi) is 8.99. The van der Waals surface area contributed by atoms with E-state index in [1.807, 2.05) is 36.4 Å². The minimum Gasteiger partial charge on any atom is -0.464 e. The summed E-state index contributed by atoms with van der Waals surface area (Å²) in [5.41, 5.74) is 2.21. The van der Waals surface area contributed by atoms with Crippen molar-refractivity contribution in [1.82, 2.24) is 19.8 Å². The summed E-state index contributed by atoms with van der Waals surface area (Å²) in [6.45, 7) is 5.11. The van der Waals surface area contributed by atoms with Gasteiger partial charge in [-0.15, -0.1) is 0 Å². The van der Waals surface area contributed by atoms with Gasteiger partial charge >= 0.3 is 5.97 Å². The van der Waals surface area contributed by atoms with Gasteiger partial charge in [0.1, 0.15) is 18.8 Å². The van der Waals surface area contributed by atoms with E-state index in [-0.39, 0.29) is 18.3 Å². The number of nitrogens with zero attached hydrogens (tertiary/aromatic N) is 4. The van der Waals surface area contributed by atoms with Crippen LogP contribution in [-0.2, 0) is 14.3 Å². The van der Waals surface area contributed by atoms with Gasteiger partial charge in [0, 0.05) is 54.0 Å². The number of carbonyl (C=O) groups excluding carboxylic acids is 2. The molecule has 36 heavy (non-hydrogen) atoms. The third kappa shape index (κ3) is 7.58. The fourth-order valence-electron chi connectivity index (χ4n) is 3.80. The number of piperazine rings is 1. The first kappa shape index (κ1) is 25.7. The second kappa shape index (κ2) is 12.6. The number of aromatic nitrogens is 2. The number of carbonyl (C=O) groups is 2. The van der Waals surface area contributed by atoms with Crippen LogP contribution in [0.4, 0.5) is 17.2 Å². The van der Waals surface area contributed by atoms with Gasteiger partial charge in [-0.1, -0.05) is 28.1 Å². The van der Waals surface area contributed by atoms with E-state index >= 15 is 0 Å². The molecule has 188 valence electrons. The normalized spacial score (nSPS) is 14.7. The van der Waals surface area contributed by atoms with Crippen LogP contribution in [0.25, 0.3) is 10.9 Å². The third-order valence-electron chi connectivity index (χ3n) is 5.81. The molecule has 0 spiro atoms. The second-order valence-electron chi connectivity index (χ2n) is 8.55. The molecule has 0 unspecified atom stereocenters. The summed E-state index contributed by atoms with van der Waals surface area (Å²) in [6, 6.07) is 13.2. The van der Waals surface area contributed by atoms with Gasteiger partial charge in [0.15, 0.2) is 0 Å². The predicted octanol–water partition coefficient (Wildman–Crippen LogP) is 3.81. The maximum atomic E-state index is 12.4. The number of fused-ring (bicyclic) bond motifs is 1. The topological polar surface area (TPSA) is 99.7 Å². The molecule has 0 bridgehead atoms. The van der Waals surface area contributed by atoms with Crippen LogP contribution in [0.2, 0.25) is 0 Å². The molecule has 0 aliphatic carbocycles. The Morgan fingerprint density at radius 2 is 1.92 bits per heavy atom. The molecule has 0 atom stereocenters. The van der Waals surface area contributed by atoms with Gasteiger partial charge in [-0.3, -0.25) is 14.5 Å². The number of hydrogen-bond acceptors (Lipinski definition) is 8. The summed E-state index contributed by atoms with van der Waals surface area (Å²) in [5.74, 6) is -0.0544. The fraction of sp³-hybridized carbons (Fsp3) is 0.308. The Balaban J connectivity index is 1.28. The summed E-state index contributed by atoms with van der Waals surface area (Å²) in [5, 5.41) is 6.88. The molecule has 1 aliphatic rings. The van der Waals surface area contributed by atoms with E-state index in [1.54, 1.807) is 6.07 Å². The number of benzene rings is 2. The first-order chi connectivity index (χ1) is 17.5. The molecular weight excluding hydrogens is 524 g/mol. The van der Waals surface area contributed by atoms with Crippen LogP contribution in [0.3, 0.4) is 0 Å². The molecule has 10 heteroatoms. The lowest BCUT2D eigenvalue weighted by molar-refractivity contribution is -0.143. The largest absolute Gasteiger partial charge is 0.464 e. The number of rotatable bonds is 9. The van der Waals surface area contributed by atoms with Crippen LogP contribution < -0.4 is 10.6 Å². The van der Waals surface area contributed by atoms with Gasteiger partial charge in [0.25, 0.3) is 0 Å². The van der Waals surface area contributed by atoms with Gasteiger partial charge in [-0.2, -0.15) is 0 Å². The van der Waals surface area contributed by atoms with Crippen molar-refractivity contribution < 1.29 is 14.3 Å². The average molecular weight is 553 g/mol. The average Bonchev–Trinajstić information content (AvgIpc) is 2.86. The molecule has 1 saturated heterocycles. The van der Waals surface area contributed by atoms with Crippen molar-refractivity contribution in [1.29, 1.82) is 0 Å². The van der Waals surface area contributed by atoms with Crippen LogP contribution in [0.15, 0.2) is 65.4 Å². The number of esters is 1. The van der Waals surface area contributed by atoms with Gasteiger partial charge in [0.2, 0.25) is 5.91 Å². The van der Waals surface area contributed by atoms with Crippen LogP contribution >= 0.6 is 15.9 Å². The Morgan fingerprint density at radius 1 is 1.08 bits per heavy atom. The minimum absolute atomic E-state index is 0.0441. The number of anilines is 3. The molecule has 2 heterocycles. The number of ether oxygens (including phenoxy) is 1. The SMILES string of the molecule is CN1CCN(CCOC(=O)C/C=C/C(=O)Nc2ccc3ncnc(Nc4cccc(Br)c4)c3c2)CC1. The van der Waals surface area contributed by atoms with E-state index in [1.165, 1.54) is 18.5 Å². The number of nitrogens with one attached hydrogen (secondary N) is 2. The summed E-state index contributed by atoms with van der Waals surface area (Å²) in [7, 11) is 2.11. The van der Waals surface area contributed by atoms with Crippen LogP contribution in [0.1, 0.15) is 6.42 Å². The molecule has 4 rings (SSSR count). The van der Waals surface area contributed by atoms with Gasteiger partial charge in [-0.25, -0.2) is 9.97 Å². The molecule has 0 radical (unpaired) electrons. The Hall–Kier alpha value is -3.34. The third-order valence-corrected chi connectivity index (χ3v) is 6.30. The fourth-order valence-corrected chi connectivity index (χ4v) is 4.20. The summed E-state index contributed by atoms with van der Waals surface area (Å²) in [6.07, 6.45) is 4.39. The highest BCUT2D eigenvalue weighted by Gasteiger charge is 2.13.